The van der Waals surface area contributed by atoms with E-state index in [2.05, 4.69) is 24.2 Å². The number of carbonyl (C=O) groups is 1. The van der Waals surface area contributed by atoms with Crippen LogP contribution in [0.25, 0.3) is 0 Å². The van der Waals surface area contributed by atoms with Gasteiger partial charge in [0.2, 0.25) is 0 Å². The molecule has 4 nitrogen and oxygen atoms in total. The fraction of sp³-hybridized carbons (Fsp3) is 0.933. The van der Waals surface area contributed by atoms with Crippen molar-refractivity contribution in [2.45, 2.75) is 52.0 Å². The van der Waals surface area contributed by atoms with E-state index in [-0.39, 0.29) is 12.0 Å². The average Bonchev–Trinajstić information content (AvgIpc) is 2.87. The van der Waals surface area contributed by atoms with E-state index in [0.29, 0.717) is 6.61 Å². The molecule has 1 saturated carbocycles. The number of nitrogens with one attached hydrogen (secondary N) is 1. The van der Waals surface area contributed by atoms with Crippen molar-refractivity contribution < 1.29 is 9.53 Å². The topological polar surface area (TPSA) is 41.6 Å². The van der Waals surface area contributed by atoms with Crippen LogP contribution < -0.4 is 5.32 Å². The average molecular weight is 270 g/mol. The fourth-order valence-corrected chi connectivity index (χ4v) is 2.80. The molecule has 0 amide bonds. The van der Waals surface area contributed by atoms with Crippen LogP contribution in [0.2, 0.25) is 0 Å². The Balaban J connectivity index is 2.37. The Morgan fingerprint density at radius 3 is 2.63 bits per heavy atom. The Kier molecular flexibility index (Phi) is 8.07. The zero-order valence-electron chi connectivity index (χ0n) is 12.8. The molecule has 0 heterocycles. The van der Waals surface area contributed by atoms with E-state index in [1.54, 1.807) is 0 Å². The first-order chi connectivity index (χ1) is 9.17. The molecule has 1 unspecified atom stereocenters. The molecule has 0 aromatic rings. The van der Waals surface area contributed by atoms with Gasteiger partial charge in [0.05, 0.1) is 6.61 Å². The molecule has 0 saturated heterocycles. The summed E-state index contributed by atoms with van der Waals surface area (Å²) in [6.07, 6.45) is 6.46. The number of carbonyl (C=O) groups excluding carboxylic acids is 1. The van der Waals surface area contributed by atoms with Crippen LogP contribution in [-0.2, 0) is 9.53 Å². The first-order valence-electron chi connectivity index (χ1n) is 7.75. The minimum atomic E-state index is -0.189. The lowest BCUT2D eigenvalue weighted by Gasteiger charge is -2.25. The van der Waals surface area contributed by atoms with E-state index in [4.69, 9.17) is 4.74 Å². The van der Waals surface area contributed by atoms with Gasteiger partial charge in [0.25, 0.3) is 0 Å². The second-order valence-electron chi connectivity index (χ2n) is 5.63. The van der Waals surface area contributed by atoms with Crippen LogP contribution in [0.1, 0.15) is 46.0 Å². The predicted octanol–water partition coefficient (Wildman–Crippen LogP) is 2.04. The van der Waals surface area contributed by atoms with Gasteiger partial charge >= 0.3 is 5.97 Å². The molecule has 4 heteroatoms. The van der Waals surface area contributed by atoms with Crippen molar-refractivity contribution in [3.63, 3.8) is 0 Å². The summed E-state index contributed by atoms with van der Waals surface area (Å²) in [5.74, 6) is 0.702. The summed E-state index contributed by atoms with van der Waals surface area (Å²) in [6, 6.07) is -0.189. The van der Waals surface area contributed by atoms with Crippen LogP contribution in [0.3, 0.4) is 0 Å². The van der Waals surface area contributed by atoms with Crippen molar-refractivity contribution in [2.24, 2.45) is 5.92 Å². The van der Waals surface area contributed by atoms with Gasteiger partial charge in [-0.25, -0.2) is 0 Å². The van der Waals surface area contributed by atoms with Crippen LogP contribution >= 0.6 is 0 Å². The maximum atomic E-state index is 11.9. The maximum Gasteiger partial charge on any atom is 0.324 e. The Hall–Kier alpha value is -0.610. The Labute approximate surface area is 117 Å². The summed E-state index contributed by atoms with van der Waals surface area (Å²) in [5.41, 5.74) is 0. The van der Waals surface area contributed by atoms with Gasteiger partial charge in [0, 0.05) is 13.1 Å². The molecule has 0 aliphatic heterocycles. The quantitative estimate of drug-likeness (QED) is 0.651. The second-order valence-corrected chi connectivity index (χ2v) is 5.63. The minimum absolute atomic E-state index is 0.116. The molecule has 0 aromatic carbocycles. The van der Waals surface area contributed by atoms with Crippen LogP contribution in [0.15, 0.2) is 0 Å². The van der Waals surface area contributed by atoms with Gasteiger partial charge in [-0.05, 0) is 45.7 Å². The molecular weight excluding hydrogens is 240 g/mol. The highest BCUT2D eigenvalue weighted by Crippen LogP contribution is 2.25. The lowest BCUT2D eigenvalue weighted by Crippen LogP contribution is -2.47. The van der Waals surface area contributed by atoms with Gasteiger partial charge in [0.1, 0.15) is 6.04 Å². The molecule has 1 atom stereocenters. The highest BCUT2D eigenvalue weighted by Gasteiger charge is 2.23. The molecule has 0 aromatic heterocycles. The molecule has 1 rings (SSSR count). The third kappa shape index (κ3) is 6.39. The van der Waals surface area contributed by atoms with Crippen molar-refractivity contribution >= 4 is 5.97 Å². The predicted molar refractivity (Wildman–Crippen MR) is 78.2 cm³/mol. The largest absolute Gasteiger partial charge is 0.465 e. The van der Waals surface area contributed by atoms with Gasteiger partial charge in [-0.1, -0.05) is 19.8 Å². The van der Waals surface area contributed by atoms with E-state index in [0.717, 1.165) is 32.0 Å². The normalized spacial score (nSPS) is 17.9. The molecule has 0 bridgehead atoms. The van der Waals surface area contributed by atoms with Crippen molar-refractivity contribution in [1.82, 2.24) is 10.2 Å². The monoisotopic (exact) mass is 270 g/mol. The number of rotatable bonds is 9. The number of hydrogen-bond donors (Lipinski definition) is 1. The lowest BCUT2D eigenvalue weighted by molar-refractivity contribution is -0.146. The number of nitrogens with zero attached hydrogens (tertiary/aromatic N) is 1. The molecule has 1 fully saturated rings. The number of likely N-dealkylation sites (N-methyl/N-ethyl adjacent to an activating group) is 1. The van der Waals surface area contributed by atoms with Crippen molar-refractivity contribution in [2.75, 3.05) is 33.3 Å². The van der Waals surface area contributed by atoms with E-state index < -0.39 is 0 Å². The molecule has 1 aliphatic carbocycles. The van der Waals surface area contributed by atoms with Crippen molar-refractivity contribution in [3.8, 4) is 0 Å². The summed E-state index contributed by atoms with van der Waals surface area (Å²) in [7, 11) is 2.11. The Bertz CT molecular complexity index is 253. The smallest absolute Gasteiger partial charge is 0.324 e. The summed E-state index contributed by atoms with van der Waals surface area (Å²) < 4.78 is 5.14. The van der Waals surface area contributed by atoms with E-state index in [1.165, 1.54) is 25.7 Å². The fourth-order valence-electron chi connectivity index (χ4n) is 2.80. The van der Waals surface area contributed by atoms with Crippen LogP contribution in [0.5, 0.6) is 0 Å². The molecule has 19 heavy (non-hydrogen) atoms. The van der Waals surface area contributed by atoms with Crippen molar-refractivity contribution in [1.29, 1.82) is 0 Å². The zero-order valence-corrected chi connectivity index (χ0v) is 12.8. The summed E-state index contributed by atoms with van der Waals surface area (Å²) in [5, 5.41) is 3.29. The van der Waals surface area contributed by atoms with Crippen LogP contribution in [0, 0.1) is 5.92 Å². The molecule has 0 radical (unpaired) electrons. The molecule has 1 N–H and O–H groups in total. The van der Waals surface area contributed by atoms with Gasteiger partial charge in [-0.3, -0.25) is 4.79 Å². The zero-order chi connectivity index (χ0) is 14.1. The summed E-state index contributed by atoms with van der Waals surface area (Å²) in [4.78, 5) is 14.2. The van der Waals surface area contributed by atoms with Crippen LogP contribution in [-0.4, -0.2) is 50.2 Å². The number of esters is 1. The molecular formula is C15H30N2O2. The first kappa shape index (κ1) is 16.4. The maximum absolute atomic E-state index is 11.9. The highest BCUT2D eigenvalue weighted by atomic mass is 16.5. The number of hydrogen-bond acceptors (Lipinski definition) is 4. The molecule has 1 aliphatic rings. The van der Waals surface area contributed by atoms with Crippen LogP contribution in [0.4, 0.5) is 0 Å². The van der Waals surface area contributed by atoms with Gasteiger partial charge in [-0.2, -0.15) is 0 Å². The highest BCUT2D eigenvalue weighted by molar-refractivity contribution is 5.76. The second kappa shape index (κ2) is 9.32. The summed E-state index contributed by atoms with van der Waals surface area (Å²) >= 11 is 0. The minimum Gasteiger partial charge on any atom is -0.465 e. The van der Waals surface area contributed by atoms with Gasteiger partial charge < -0.3 is 15.0 Å². The van der Waals surface area contributed by atoms with E-state index in [9.17, 15) is 4.79 Å². The third-order valence-electron chi connectivity index (χ3n) is 3.75. The van der Waals surface area contributed by atoms with Crippen molar-refractivity contribution in [3.05, 3.63) is 0 Å². The third-order valence-corrected chi connectivity index (χ3v) is 3.75. The SMILES string of the molecule is CCCNC(CN(C)CC1CCCC1)C(=O)OCC. The summed E-state index contributed by atoms with van der Waals surface area (Å²) in [6.45, 7) is 7.13. The number of ether oxygens (including phenoxy) is 1. The van der Waals surface area contributed by atoms with Gasteiger partial charge in [0.15, 0.2) is 0 Å². The standard InChI is InChI=1S/C15H30N2O2/c1-4-10-16-14(15(18)19-5-2)12-17(3)11-13-8-6-7-9-13/h13-14,16H,4-12H2,1-3H3. The first-order valence-corrected chi connectivity index (χ1v) is 7.75. The lowest BCUT2D eigenvalue weighted by atomic mass is 10.1. The molecule has 112 valence electrons. The van der Waals surface area contributed by atoms with E-state index in [1.807, 2.05) is 6.92 Å². The Morgan fingerprint density at radius 2 is 2.05 bits per heavy atom. The molecule has 0 spiro atoms. The van der Waals surface area contributed by atoms with Gasteiger partial charge in [-0.15, -0.1) is 0 Å². The Morgan fingerprint density at radius 1 is 1.37 bits per heavy atom. The van der Waals surface area contributed by atoms with E-state index >= 15 is 0 Å².